The van der Waals surface area contributed by atoms with Crippen LogP contribution in [0.1, 0.15) is 29.5 Å². The van der Waals surface area contributed by atoms with E-state index in [1.165, 1.54) is 4.90 Å². The second-order valence-corrected chi connectivity index (χ2v) is 8.17. The van der Waals surface area contributed by atoms with Gasteiger partial charge in [-0.2, -0.15) is 0 Å². The average Bonchev–Trinajstić information content (AvgIpc) is 3.32. The monoisotopic (exact) mass is 421 g/mol. The number of carbonyl (C=O) groups excluding carboxylic acids is 3. The molecular formula is C23H23N3O5. The van der Waals surface area contributed by atoms with Crippen LogP contribution in [0, 0.1) is 0 Å². The quantitative estimate of drug-likeness (QED) is 0.765. The van der Waals surface area contributed by atoms with Crippen molar-refractivity contribution in [3.05, 3.63) is 59.2 Å². The molecular weight excluding hydrogens is 398 g/mol. The lowest BCUT2D eigenvalue weighted by atomic mass is 9.76. The van der Waals surface area contributed by atoms with E-state index < -0.39 is 11.6 Å². The Kier molecular flexibility index (Phi) is 4.57. The molecule has 160 valence electrons. The van der Waals surface area contributed by atoms with Gasteiger partial charge < -0.3 is 19.7 Å². The highest BCUT2D eigenvalue weighted by atomic mass is 16.7. The Morgan fingerprint density at radius 1 is 1.16 bits per heavy atom. The lowest BCUT2D eigenvalue weighted by Crippen LogP contribution is -2.47. The fourth-order valence-corrected chi connectivity index (χ4v) is 4.61. The fourth-order valence-electron chi connectivity index (χ4n) is 4.61. The number of nitrogens with one attached hydrogen (secondary N) is 1. The molecule has 1 aliphatic carbocycles. The van der Waals surface area contributed by atoms with Gasteiger partial charge in [-0.1, -0.05) is 30.3 Å². The van der Waals surface area contributed by atoms with Gasteiger partial charge in [-0.05, 0) is 48.1 Å². The van der Waals surface area contributed by atoms with Gasteiger partial charge in [-0.15, -0.1) is 0 Å². The molecule has 2 aromatic rings. The first-order valence-electron chi connectivity index (χ1n) is 10.3. The van der Waals surface area contributed by atoms with E-state index >= 15 is 0 Å². The number of imide groups is 1. The van der Waals surface area contributed by atoms with E-state index in [2.05, 4.69) is 5.32 Å². The molecule has 0 bridgehead atoms. The molecule has 1 unspecified atom stereocenters. The predicted octanol–water partition coefficient (Wildman–Crippen LogP) is 2.16. The molecule has 8 nitrogen and oxygen atoms in total. The number of amides is 4. The van der Waals surface area contributed by atoms with Gasteiger partial charge in [0.05, 0.1) is 0 Å². The summed E-state index contributed by atoms with van der Waals surface area (Å²) in [5.41, 5.74) is 1.70. The summed E-state index contributed by atoms with van der Waals surface area (Å²) in [6, 6.07) is 12.7. The smallest absolute Gasteiger partial charge is 0.325 e. The normalized spacial score (nSPS) is 21.3. The third kappa shape index (κ3) is 3.19. The number of hydrogen-bond donors (Lipinski definition) is 1. The summed E-state index contributed by atoms with van der Waals surface area (Å²) in [5, 5.41) is 2.88. The van der Waals surface area contributed by atoms with Crippen LogP contribution in [0.5, 0.6) is 11.5 Å². The predicted molar refractivity (Wildman–Crippen MR) is 110 cm³/mol. The molecule has 1 saturated heterocycles. The summed E-state index contributed by atoms with van der Waals surface area (Å²) in [7, 11) is 1.65. The molecule has 1 fully saturated rings. The second kappa shape index (κ2) is 7.30. The molecule has 0 saturated carbocycles. The van der Waals surface area contributed by atoms with Gasteiger partial charge in [0, 0.05) is 13.6 Å². The maximum absolute atomic E-state index is 13.3. The van der Waals surface area contributed by atoms with Crippen molar-refractivity contribution in [1.29, 1.82) is 0 Å². The average molecular weight is 421 g/mol. The van der Waals surface area contributed by atoms with Crippen molar-refractivity contribution < 1.29 is 23.9 Å². The summed E-state index contributed by atoms with van der Waals surface area (Å²) in [5.74, 6) is 0.650. The Hall–Kier alpha value is -3.55. The van der Waals surface area contributed by atoms with E-state index in [0.717, 1.165) is 34.4 Å². The standard InChI is InChI=1S/C23H23N3O5/c1-25(12-15-8-9-18-19(11-15)31-14-30-18)20(27)13-26-21(28)23(24-22(26)29)10-4-6-16-5-2-3-7-17(16)23/h2-3,5,7-9,11H,4,6,10,12-14H2,1H3,(H,24,29). The van der Waals surface area contributed by atoms with E-state index in [1.54, 1.807) is 13.1 Å². The minimum Gasteiger partial charge on any atom is -0.454 e. The zero-order valence-corrected chi connectivity index (χ0v) is 17.2. The third-order valence-corrected chi connectivity index (χ3v) is 6.23. The maximum atomic E-state index is 13.3. The van der Waals surface area contributed by atoms with Crippen molar-refractivity contribution in [2.45, 2.75) is 31.3 Å². The van der Waals surface area contributed by atoms with E-state index in [9.17, 15) is 14.4 Å². The second-order valence-electron chi connectivity index (χ2n) is 8.17. The number of aryl methyl sites for hydroxylation is 1. The van der Waals surface area contributed by atoms with E-state index in [1.807, 2.05) is 36.4 Å². The number of rotatable bonds is 4. The van der Waals surface area contributed by atoms with Crippen LogP contribution in [0.25, 0.3) is 0 Å². The topological polar surface area (TPSA) is 88.2 Å². The lowest BCUT2D eigenvalue weighted by Gasteiger charge is -2.33. The Labute approximate surface area is 179 Å². The van der Waals surface area contributed by atoms with Crippen molar-refractivity contribution >= 4 is 17.8 Å². The van der Waals surface area contributed by atoms with Crippen LogP contribution >= 0.6 is 0 Å². The summed E-state index contributed by atoms with van der Waals surface area (Å²) in [4.78, 5) is 41.4. The first-order chi connectivity index (χ1) is 15.0. The number of fused-ring (bicyclic) bond motifs is 3. The molecule has 0 aromatic heterocycles. The molecule has 31 heavy (non-hydrogen) atoms. The summed E-state index contributed by atoms with van der Waals surface area (Å²) in [6.07, 6.45) is 2.21. The third-order valence-electron chi connectivity index (χ3n) is 6.23. The lowest BCUT2D eigenvalue weighted by molar-refractivity contribution is -0.139. The molecule has 5 rings (SSSR count). The van der Waals surface area contributed by atoms with Crippen molar-refractivity contribution in [3.8, 4) is 11.5 Å². The van der Waals surface area contributed by atoms with Gasteiger partial charge in [0.15, 0.2) is 11.5 Å². The first-order valence-corrected chi connectivity index (χ1v) is 10.3. The maximum Gasteiger partial charge on any atom is 0.325 e. The minimum atomic E-state index is -1.07. The first kappa shape index (κ1) is 19.4. The minimum absolute atomic E-state index is 0.185. The Morgan fingerprint density at radius 3 is 2.84 bits per heavy atom. The molecule has 0 radical (unpaired) electrons. The highest BCUT2D eigenvalue weighted by molar-refractivity contribution is 6.09. The van der Waals surface area contributed by atoms with Crippen molar-refractivity contribution in [1.82, 2.24) is 15.1 Å². The highest BCUT2D eigenvalue weighted by Gasteiger charge is 2.54. The molecule has 1 N–H and O–H groups in total. The van der Waals surface area contributed by atoms with Crippen LogP contribution < -0.4 is 14.8 Å². The van der Waals surface area contributed by atoms with Gasteiger partial charge in [-0.3, -0.25) is 14.5 Å². The van der Waals surface area contributed by atoms with E-state index in [-0.39, 0.29) is 25.2 Å². The summed E-state index contributed by atoms with van der Waals surface area (Å²) in [6.45, 7) is 0.216. The van der Waals surface area contributed by atoms with Gasteiger partial charge in [0.25, 0.3) is 5.91 Å². The van der Waals surface area contributed by atoms with Crippen LogP contribution in [0.4, 0.5) is 4.79 Å². The number of benzene rings is 2. The SMILES string of the molecule is CN(Cc1ccc2c(c1)OCO2)C(=O)CN1C(=O)NC2(CCCc3ccccc32)C1=O. The molecule has 8 heteroatoms. The highest BCUT2D eigenvalue weighted by Crippen LogP contribution is 2.40. The number of nitrogens with zero attached hydrogens (tertiary/aromatic N) is 2. The van der Waals surface area contributed by atoms with Gasteiger partial charge in [0.2, 0.25) is 12.7 Å². The van der Waals surface area contributed by atoms with Crippen LogP contribution in [0.2, 0.25) is 0 Å². The Morgan fingerprint density at radius 2 is 1.97 bits per heavy atom. The zero-order valence-electron chi connectivity index (χ0n) is 17.2. The molecule has 2 aliphatic heterocycles. The number of ether oxygens (including phenoxy) is 2. The number of carbonyl (C=O) groups is 3. The zero-order chi connectivity index (χ0) is 21.6. The summed E-state index contributed by atoms with van der Waals surface area (Å²) < 4.78 is 10.7. The van der Waals surface area contributed by atoms with Crippen LogP contribution in [-0.2, 0) is 28.1 Å². The molecule has 1 spiro atoms. The van der Waals surface area contributed by atoms with Gasteiger partial charge in [0.1, 0.15) is 12.1 Å². The van der Waals surface area contributed by atoms with Crippen molar-refractivity contribution in [3.63, 3.8) is 0 Å². The fraction of sp³-hybridized carbons (Fsp3) is 0.348. The molecule has 2 aromatic carbocycles. The largest absolute Gasteiger partial charge is 0.454 e. The van der Waals surface area contributed by atoms with Crippen molar-refractivity contribution in [2.75, 3.05) is 20.4 Å². The molecule has 4 amide bonds. The van der Waals surface area contributed by atoms with E-state index in [0.29, 0.717) is 24.5 Å². The Balaban J connectivity index is 1.31. The Bertz CT molecular complexity index is 1080. The molecule has 3 aliphatic rings. The van der Waals surface area contributed by atoms with Crippen LogP contribution in [0.3, 0.4) is 0 Å². The molecule has 1 atom stereocenters. The number of hydrogen-bond acceptors (Lipinski definition) is 5. The number of urea groups is 1. The van der Waals surface area contributed by atoms with Crippen LogP contribution in [-0.4, -0.2) is 48.0 Å². The molecule has 2 heterocycles. The number of likely N-dealkylation sites (N-methyl/N-ethyl adjacent to an activating group) is 1. The van der Waals surface area contributed by atoms with E-state index in [4.69, 9.17) is 9.47 Å². The van der Waals surface area contributed by atoms with Crippen molar-refractivity contribution in [2.24, 2.45) is 0 Å². The van der Waals surface area contributed by atoms with Gasteiger partial charge >= 0.3 is 6.03 Å². The van der Waals surface area contributed by atoms with Crippen LogP contribution in [0.15, 0.2) is 42.5 Å². The summed E-state index contributed by atoms with van der Waals surface area (Å²) >= 11 is 0. The van der Waals surface area contributed by atoms with Gasteiger partial charge in [-0.25, -0.2) is 4.79 Å².